The van der Waals surface area contributed by atoms with Crippen LogP contribution >= 0.6 is 0 Å². The minimum Gasteiger partial charge on any atom is -0.458 e. The Kier molecular flexibility index (Phi) is 14.3. The number of aliphatic hydroxyl groups is 1. The first-order valence-electron chi connectivity index (χ1n) is 17.9. The third-order valence-corrected chi connectivity index (χ3v) is 11.1. The van der Waals surface area contributed by atoms with Crippen molar-refractivity contribution < 1.29 is 48.0 Å². The molecule has 8 unspecified atom stereocenters. The number of cyclic esters (lactones) is 1. The number of amides is 1. The summed E-state index contributed by atoms with van der Waals surface area (Å²) in [4.78, 5) is 62.0. The summed E-state index contributed by atoms with van der Waals surface area (Å²) >= 11 is 0. The monoisotopic (exact) mass is 709 g/mol. The van der Waals surface area contributed by atoms with Gasteiger partial charge in [-0.3, -0.25) is 14.4 Å². The van der Waals surface area contributed by atoms with Crippen LogP contribution in [-0.2, 0) is 38.1 Å². The number of aliphatic hydroxyl groups excluding tert-OH is 1. The molecule has 0 radical (unpaired) electrons. The first-order chi connectivity index (χ1) is 23.4. The summed E-state index contributed by atoms with van der Waals surface area (Å²) in [5.41, 5.74) is 5.97. The lowest BCUT2D eigenvalue weighted by atomic mass is 9.73. The molecule has 15 nitrogen and oxygen atoms in total. The van der Waals surface area contributed by atoms with E-state index in [4.69, 9.17) is 29.2 Å². The van der Waals surface area contributed by atoms with Crippen molar-refractivity contribution in [1.82, 2.24) is 9.80 Å². The zero-order valence-electron chi connectivity index (χ0n) is 31.7. The molecule has 15 heteroatoms. The highest BCUT2D eigenvalue weighted by Gasteiger charge is 2.60. The van der Waals surface area contributed by atoms with Crippen molar-refractivity contribution >= 4 is 23.6 Å². The Bertz CT molecular complexity index is 1280. The third-order valence-electron chi connectivity index (χ3n) is 11.1. The van der Waals surface area contributed by atoms with Gasteiger partial charge in [0.1, 0.15) is 23.9 Å². The lowest BCUT2D eigenvalue weighted by molar-refractivity contribution is -0.295. The summed E-state index contributed by atoms with van der Waals surface area (Å²) in [5.74, 6) is -5.05. The SMILES string of the molecule is CCC1OC(=O)C(C)C(=O)C(C)[C@@H](OC2OC(C)CC(N(C)C)C2O)[C@@](C)(OC)C[C@@H](C)C(=O)[C@H](C)C2N(CCCCN=[N+]=[N-])C(=O)O[C@]12C. The van der Waals surface area contributed by atoms with Gasteiger partial charge in [-0.1, -0.05) is 32.8 Å². The summed E-state index contributed by atoms with van der Waals surface area (Å²) in [6.07, 6.45) is -3.16. The maximum absolute atomic E-state index is 14.4. The van der Waals surface area contributed by atoms with E-state index in [0.717, 1.165) is 0 Å². The number of methoxy groups -OCH3 is 1. The number of carbonyl (C=O) groups is 4. The topological polar surface area (TPSA) is 190 Å². The van der Waals surface area contributed by atoms with Gasteiger partial charge in [-0.15, -0.1) is 0 Å². The zero-order chi connectivity index (χ0) is 37.7. The number of unbranched alkanes of at least 4 members (excludes halogenated alkanes) is 1. The van der Waals surface area contributed by atoms with Gasteiger partial charge in [-0.05, 0) is 79.4 Å². The molecule has 3 heterocycles. The predicted octanol–water partition coefficient (Wildman–Crippen LogP) is 4.28. The van der Waals surface area contributed by atoms with E-state index in [1.54, 1.807) is 41.5 Å². The molecule has 0 aromatic rings. The molecule has 3 aliphatic rings. The molecule has 3 saturated heterocycles. The Morgan fingerprint density at radius 1 is 1.06 bits per heavy atom. The van der Waals surface area contributed by atoms with Gasteiger partial charge in [0, 0.05) is 48.9 Å². The number of hydrogen-bond acceptors (Lipinski definition) is 12. The number of likely N-dealkylation sites (N-methyl/N-ethyl adjacent to an activating group) is 1. The average Bonchev–Trinajstić information content (AvgIpc) is 3.33. The molecular weight excluding hydrogens is 650 g/mol. The average molecular weight is 710 g/mol. The number of ether oxygens (including phenoxy) is 5. The Morgan fingerprint density at radius 3 is 2.30 bits per heavy atom. The minimum atomic E-state index is -1.41. The highest BCUT2D eigenvalue weighted by atomic mass is 16.7. The number of fused-ring (bicyclic) bond motifs is 1. The van der Waals surface area contributed by atoms with Crippen molar-refractivity contribution in [3.05, 3.63) is 10.4 Å². The van der Waals surface area contributed by atoms with Crippen LogP contribution in [-0.4, -0.2) is 127 Å². The number of nitrogens with zero attached hydrogens (tertiary/aromatic N) is 5. The molecule has 3 fully saturated rings. The molecule has 0 aromatic heterocycles. The molecule has 0 saturated carbocycles. The van der Waals surface area contributed by atoms with Crippen LogP contribution in [0.5, 0.6) is 0 Å². The molecule has 3 rings (SSSR count). The second-order valence-corrected chi connectivity index (χ2v) is 15.0. The van der Waals surface area contributed by atoms with Crippen LogP contribution in [0.3, 0.4) is 0 Å². The number of carbonyl (C=O) groups excluding carboxylic acids is 4. The Morgan fingerprint density at radius 2 is 1.72 bits per heavy atom. The molecule has 13 atom stereocenters. The zero-order valence-corrected chi connectivity index (χ0v) is 31.7. The van der Waals surface area contributed by atoms with E-state index in [9.17, 15) is 24.3 Å². The minimum absolute atomic E-state index is 0.116. The van der Waals surface area contributed by atoms with Gasteiger partial charge in [-0.2, -0.15) is 0 Å². The molecule has 0 bridgehead atoms. The van der Waals surface area contributed by atoms with Gasteiger partial charge in [0.15, 0.2) is 17.7 Å². The third kappa shape index (κ3) is 8.62. The van der Waals surface area contributed by atoms with E-state index in [1.165, 1.54) is 18.9 Å². The summed E-state index contributed by atoms with van der Waals surface area (Å²) in [6.45, 7) is 14.2. The molecule has 1 amide bonds. The second kappa shape index (κ2) is 17.1. The van der Waals surface area contributed by atoms with E-state index in [-0.39, 0.29) is 43.9 Å². The fourth-order valence-electron chi connectivity index (χ4n) is 8.22. The number of azide groups is 1. The largest absolute Gasteiger partial charge is 0.458 e. The summed E-state index contributed by atoms with van der Waals surface area (Å²) in [7, 11) is 5.20. The van der Waals surface area contributed by atoms with Crippen LogP contribution in [0.1, 0.15) is 87.5 Å². The fraction of sp³-hybridized carbons (Fsp3) is 0.886. The standard InChI is InChI=1S/C35H59N5O10/c1-12-25-35(8)29(40(33(45)50-35)16-14-13-15-37-38-36)21(4)26(41)19(2)18-34(7,46-11)30(22(5)27(42)23(6)31(44)48-25)49-32-28(43)24(39(9)10)17-20(3)47-32/h19-25,28-30,32,43H,12-18H2,1-11H3/t19-,20?,21+,22?,23?,24?,25?,28?,29?,30-,32?,34+,35-/m1/s1. The fourth-order valence-corrected chi connectivity index (χ4v) is 8.22. The van der Waals surface area contributed by atoms with Crippen molar-refractivity contribution in [3.8, 4) is 0 Å². The molecule has 0 aromatic carbocycles. The first-order valence-corrected chi connectivity index (χ1v) is 17.9. The smallest absolute Gasteiger partial charge is 0.410 e. The van der Waals surface area contributed by atoms with Crippen LogP contribution in [0.4, 0.5) is 4.79 Å². The van der Waals surface area contributed by atoms with Gasteiger partial charge in [0.2, 0.25) is 0 Å². The molecule has 0 spiro atoms. The molecule has 1 N–H and O–H groups in total. The van der Waals surface area contributed by atoms with Crippen molar-refractivity contribution in [3.63, 3.8) is 0 Å². The van der Waals surface area contributed by atoms with Crippen LogP contribution in [0.25, 0.3) is 10.4 Å². The van der Waals surface area contributed by atoms with Crippen LogP contribution in [0.2, 0.25) is 0 Å². The van der Waals surface area contributed by atoms with Crippen LogP contribution < -0.4 is 0 Å². The molecule has 3 aliphatic heterocycles. The normalized spacial score (nSPS) is 40.5. The number of ketones is 2. The molecular formula is C35H59N5O10. The lowest BCUT2D eigenvalue weighted by Crippen LogP contribution is -2.60. The van der Waals surface area contributed by atoms with E-state index in [0.29, 0.717) is 19.3 Å². The van der Waals surface area contributed by atoms with Gasteiger partial charge in [0.05, 0.1) is 23.9 Å². The number of Topliss-reactive ketones (excluding diaryl/α,β-unsaturated/α-hetero) is 2. The lowest BCUT2D eigenvalue weighted by Gasteiger charge is -2.47. The van der Waals surface area contributed by atoms with Crippen molar-refractivity contribution in [2.75, 3.05) is 34.3 Å². The highest BCUT2D eigenvalue weighted by molar-refractivity contribution is 6.00. The van der Waals surface area contributed by atoms with E-state index >= 15 is 0 Å². The summed E-state index contributed by atoms with van der Waals surface area (Å²) in [5, 5.41) is 14.9. The van der Waals surface area contributed by atoms with E-state index in [2.05, 4.69) is 10.0 Å². The van der Waals surface area contributed by atoms with Gasteiger partial charge in [-0.25, -0.2) is 4.79 Å². The van der Waals surface area contributed by atoms with Crippen molar-refractivity contribution in [1.29, 1.82) is 0 Å². The van der Waals surface area contributed by atoms with Crippen LogP contribution in [0, 0.1) is 23.7 Å². The summed E-state index contributed by atoms with van der Waals surface area (Å²) < 4.78 is 30.8. The van der Waals surface area contributed by atoms with Gasteiger partial charge < -0.3 is 38.6 Å². The molecule has 0 aliphatic carbocycles. The number of hydrogen-bond donors (Lipinski definition) is 1. The molecule has 284 valence electrons. The van der Waals surface area contributed by atoms with Gasteiger partial charge in [0.25, 0.3) is 0 Å². The second-order valence-electron chi connectivity index (χ2n) is 15.0. The van der Waals surface area contributed by atoms with E-state index < -0.39 is 83.4 Å². The summed E-state index contributed by atoms with van der Waals surface area (Å²) in [6, 6.07) is -1.10. The number of esters is 1. The maximum atomic E-state index is 14.4. The van der Waals surface area contributed by atoms with E-state index in [1.807, 2.05) is 25.9 Å². The number of rotatable bonds is 10. The highest BCUT2D eigenvalue weighted by Crippen LogP contribution is 2.43. The predicted molar refractivity (Wildman–Crippen MR) is 183 cm³/mol. The Labute approximate surface area is 296 Å². The molecule has 50 heavy (non-hydrogen) atoms. The Hall–Kier alpha value is -2.81. The van der Waals surface area contributed by atoms with Crippen LogP contribution in [0.15, 0.2) is 5.11 Å². The maximum Gasteiger partial charge on any atom is 0.410 e. The first kappa shape index (κ1) is 41.6. The van der Waals surface area contributed by atoms with Crippen molar-refractivity contribution in [2.45, 2.75) is 141 Å². The quantitative estimate of drug-likeness (QED) is 0.0851. The van der Waals surface area contributed by atoms with Crippen molar-refractivity contribution in [2.24, 2.45) is 28.8 Å². The Balaban J connectivity index is 2.10. The van der Waals surface area contributed by atoms with Gasteiger partial charge >= 0.3 is 12.1 Å².